The molecule has 0 aliphatic heterocycles. The molecule has 0 saturated carbocycles. The number of thiophene rings is 1. The van der Waals surface area contributed by atoms with Crippen LogP contribution in [0.3, 0.4) is 0 Å². The van der Waals surface area contributed by atoms with Crippen LogP contribution in [0, 0.1) is 0 Å². The molecule has 0 unspecified atom stereocenters. The van der Waals surface area contributed by atoms with Crippen molar-refractivity contribution in [1.82, 2.24) is 9.78 Å². The number of hydrogen-bond donors (Lipinski definition) is 1. The van der Waals surface area contributed by atoms with Crippen molar-refractivity contribution in [2.45, 2.75) is 6.61 Å². The van der Waals surface area contributed by atoms with Gasteiger partial charge in [-0.05, 0) is 48.0 Å². The minimum Gasteiger partial charge on any atom is -0.459 e. The molecule has 0 aliphatic carbocycles. The number of ether oxygens (including phenoxy) is 1. The van der Waals surface area contributed by atoms with Crippen LogP contribution in [0.15, 0.2) is 77.7 Å². The van der Waals surface area contributed by atoms with E-state index in [0.717, 1.165) is 22.6 Å². The van der Waals surface area contributed by atoms with Gasteiger partial charge in [-0.1, -0.05) is 12.1 Å². The summed E-state index contributed by atoms with van der Waals surface area (Å²) in [5.74, 6) is -0.611. The van der Waals surface area contributed by atoms with Crippen LogP contribution in [-0.2, 0) is 11.3 Å². The van der Waals surface area contributed by atoms with Crippen LogP contribution in [-0.4, -0.2) is 21.7 Å². The fourth-order valence-electron chi connectivity index (χ4n) is 2.48. The lowest BCUT2D eigenvalue weighted by atomic mass is 10.2. The van der Waals surface area contributed by atoms with Crippen molar-refractivity contribution >= 4 is 28.2 Å². The van der Waals surface area contributed by atoms with Crippen molar-refractivity contribution < 1.29 is 18.7 Å². The fraction of sp³-hybridized carbons (Fsp3) is 0.0500. The Kier molecular flexibility index (Phi) is 5.03. The van der Waals surface area contributed by atoms with E-state index in [0.29, 0.717) is 9.88 Å². The second-order valence-corrected chi connectivity index (χ2v) is 6.87. The van der Waals surface area contributed by atoms with Crippen molar-refractivity contribution in [3.8, 4) is 5.69 Å². The van der Waals surface area contributed by atoms with E-state index in [-0.39, 0.29) is 18.3 Å². The smallest absolute Gasteiger partial charge is 0.348 e. The summed E-state index contributed by atoms with van der Waals surface area (Å²) in [6.07, 6.45) is 4.99. The molecule has 4 aromatic rings. The van der Waals surface area contributed by atoms with Gasteiger partial charge in [0.05, 0.1) is 17.0 Å². The summed E-state index contributed by atoms with van der Waals surface area (Å²) in [7, 11) is 0. The standard InChI is InChI=1S/C20H15N3O4S/c24-19(16-3-1-12-26-16)22-18-9-8-17(28-18)20(25)27-13-14-4-6-15(7-5-14)23-11-2-10-21-23/h1-12H,13H2,(H,22,24). The summed E-state index contributed by atoms with van der Waals surface area (Å²) < 4.78 is 12.1. The van der Waals surface area contributed by atoms with Gasteiger partial charge in [-0.15, -0.1) is 11.3 Å². The van der Waals surface area contributed by atoms with Gasteiger partial charge < -0.3 is 14.5 Å². The first-order valence-electron chi connectivity index (χ1n) is 8.40. The monoisotopic (exact) mass is 393 g/mol. The van der Waals surface area contributed by atoms with Crippen LogP contribution in [0.1, 0.15) is 25.8 Å². The number of carbonyl (C=O) groups excluding carboxylic acids is 2. The number of furan rings is 1. The molecule has 1 amide bonds. The van der Waals surface area contributed by atoms with Crippen molar-refractivity contribution in [3.05, 3.63) is 89.5 Å². The Balaban J connectivity index is 1.33. The van der Waals surface area contributed by atoms with Crippen LogP contribution in [0.25, 0.3) is 5.69 Å². The van der Waals surface area contributed by atoms with E-state index in [4.69, 9.17) is 9.15 Å². The number of nitrogens with one attached hydrogen (secondary N) is 1. The molecule has 140 valence electrons. The summed E-state index contributed by atoms with van der Waals surface area (Å²) in [4.78, 5) is 24.6. The van der Waals surface area contributed by atoms with E-state index in [2.05, 4.69) is 10.4 Å². The molecule has 0 radical (unpaired) electrons. The van der Waals surface area contributed by atoms with E-state index >= 15 is 0 Å². The second-order valence-electron chi connectivity index (χ2n) is 5.79. The van der Waals surface area contributed by atoms with Crippen LogP contribution >= 0.6 is 11.3 Å². The van der Waals surface area contributed by atoms with Crippen molar-refractivity contribution in [3.63, 3.8) is 0 Å². The highest BCUT2D eigenvalue weighted by atomic mass is 32.1. The fourth-order valence-corrected chi connectivity index (χ4v) is 3.28. The molecule has 0 aliphatic rings. The van der Waals surface area contributed by atoms with Crippen molar-refractivity contribution in [1.29, 1.82) is 0 Å². The Morgan fingerprint density at radius 3 is 2.68 bits per heavy atom. The van der Waals surface area contributed by atoms with Gasteiger partial charge in [-0.25, -0.2) is 9.48 Å². The van der Waals surface area contributed by atoms with Gasteiger partial charge in [0, 0.05) is 12.4 Å². The first-order chi connectivity index (χ1) is 13.7. The third-order valence-electron chi connectivity index (χ3n) is 3.86. The molecule has 7 nitrogen and oxygen atoms in total. The number of nitrogens with zero attached hydrogens (tertiary/aromatic N) is 2. The van der Waals surface area contributed by atoms with Gasteiger partial charge in [0.1, 0.15) is 11.5 Å². The van der Waals surface area contributed by atoms with Gasteiger partial charge in [0.25, 0.3) is 5.91 Å². The number of anilines is 1. The number of esters is 1. The first kappa shape index (κ1) is 17.7. The Morgan fingerprint density at radius 2 is 1.96 bits per heavy atom. The number of hydrogen-bond acceptors (Lipinski definition) is 6. The molecule has 8 heteroatoms. The Labute approximate surface area is 164 Å². The average Bonchev–Trinajstić information content (AvgIpc) is 3.49. The van der Waals surface area contributed by atoms with Gasteiger partial charge in [-0.2, -0.15) is 5.10 Å². The zero-order valence-electron chi connectivity index (χ0n) is 14.6. The maximum atomic E-state index is 12.2. The van der Waals surface area contributed by atoms with E-state index in [1.165, 1.54) is 6.26 Å². The van der Waals surface area contributed by atoms with Gasteiger partial charge in [0.15, 0.2) is 5.76 Å². The number of aromatic nitrogens is 2. The number of rotatable bonds is 6. The van der Waals surface area contributed by atoms with Crippen LogP contribution < -0.4 is 5.32 Å². The summed E-state index contributed by atoms with van der Waals surface area (Å²) in [6, 6.07) is 15.9. The molecule has 28 heavy (non-hydrogen) atoms. The minimum atomic E-state index is -0.445. The lowest BCUT2D eigenvalue weighted by molar-refractivity contribution is 0.0478. The molecular formula is C20H15N3O4S. The second kappa shape index (κ2) is 7.93. The molecule has 0 bridgehead atoms. The molecule has 1 aromatic carbocycles. The number of carbonyl (C=O) groups is 2. The molecule has 0 atom stereocenters. The largest absolute Gasteiger partial charge is 0.459 e. The molecule has 0 spiro atoms. The van der Waals surface area contributed by atoms with Crippen molar-refractivity contribution in [2.75, 3.05) is 5.32 Å². The summed E-state index contributed by atoms with van der Waals surface area (Å²) >= 11 is 1.14. The van der Waals surface area contributed by atoms with E-state index in [1.807, 2.05) is 36.5 Å². The minimum absolute atomic E-state index is 0.157. The molecule has 3 aromatic heterocycles. The molecule has 1 N–H and O–H groups in total. The number of amides is 1. The summed E-state index contributed by atoms with van der Waals surface area (Å²) in [5.41, 5.74) is 1.79. The highest BCUT2D eigenvalue weighted by Crippen LogP contribution is 2.24. The molecular weight excluding hydrogens is 378 g/mol. The maximum Gasteiger partial charge on any atom is 0.348 e. The highest BCUT2D eigenvalue weighted by molar-refractivity contribution is 7.18. The predicted molar refractivity (Wildman–Crippen MR) is 104 cm³/mol. The molecule has 3 heterocycles. The Hall–Kier alpha value is -3.65. The zero-order chi connectivity index (χ0) is 19.3. The van der Waals surface area contributed by atoms with Crippen LogP contribution in [0.4, 0.5) is 5.00 Å². The maximum absolute atomic E-state index is 12.2. The van der Waals surface area contributed by atoms with Gasteiger partial charge in [-0.3, -0.25) is 4.79 Å². The van der Waals surface area contributed by atoms with Crippen LogP contribution in [0.2, 0.25) is 0 Å². The van der Waals surface area contributed by atoms with E-state index in [1.54, 1.807) is 35.1 Å². The third kappa shape index (κ3) is 4.02. The topological polar surface area (TPSA) is 86.4 Å². The van der Waals surface area contributed by atoms with Crippen LogP contribution in [0.5, 0.6) is 0 Å². The quantitative estimate of drug-likeness (QED) is 0.498. The highest BCUT2D eigenvalue weighted by Gasteiger charge is 2.14. The molecule has 0 fully saturated rings. The van der Waals surface area contributed by atoms with Crippen molar-refractivity contribution in [2.24, 2.45) is 0 Å². The Bertz CT molecular complexity index is 1070. The van der Waals surface area contributed by atoms with E-state index < -0.39 is 5.97 Å². The third-order valence-corrected chi connectivity index (χ3v) is 4.84. The van der Waals surface area contributed by atoms with Gasteiger partial charge >= 0.3 is 5.97 Å². The predicted octanol–water partition coefficient (Wildman–Crippen LogP) is 4.14. The molecule has 4 rings (SSSR count). The zero-order valence-corrected chi connectivity index (χ0v) is 15.4. The average molecular weight is 393 g/mol. The first-order valence-corrected chi connectivity index (χ1v) is 9.21. The lowest BCUT2D eigenvalue weighted by Crippen LogP contribution is -2.09. The van der Waals surface area contributed by atoms with Gasteiger partial charge in [0.2, 0.25) is 0 Å². The molecule has 0 saturated heterocycles. The SMILES string of the molecule is O=C(Nc1ccc(C(=O)OCc2ccc(-n3cccn3)cc2)s1)c1ccco1. The Morgan fingerprint density at radius 1 is 1.11 bits per heavy atom. The van der Waals surface area contributed by atoms with E-state index in [9.17, 15) is 9.59 Å². The summed E-state index contributed by atoms with van der Waals surface area (Å²) in [6.45, 7) is 0.157. The normalized spacial score (nSPS) is 10.6. The summed E-state index contributed by atoms with van der Waals surface area (Å²) in [5, 5.41) is 7.39. The lowest BCUT2D eigenvalue weighted by Gasteiger charge is -2.05. The number of benzene rings is 1.